The molecule has 0 atom stereocenters. The number of ether oxygens (including phenoxy) is 1. The van der Waals surface area contributed by atoms with Crippen molar-refractivity contribution in [3.8, 4) is 6.07 Å². The van der Waals surface area contributed by atoms with Crippen LogP contribution in [0.15, 0.2) is 35.9 Å². The monoisotopic (exact) mass is 256 g/mol. The number of hydrogen-bond acceptors (Lipinski definition) is 3. The number of carbonyl (C=O) groups excluding carboxylic acids is 1. The van der Waals surface area contributed by atoms with E-state index in [-0.39, 0.29) is 5.91 Å². The Morgan fingerprint density at radius 1 is 1.42 bits per heavy atom. The summed E-state index contributed by atoms with van der Waals surface area (Å²) >= 11 is 0. The van der Waals surface area contributed by atoms with Crippen LogP contribution in [0.3, 0.4) is 0 Å². The number of hydrogen-bond donors (Lipinski definition) is 0. The van der Waals surface area contributed by atoms with E-state index in [9.17, 15) is 4.79 Å². The molecule has 98 valence electrons. The van der Waals surface area contributed by atoms with Crippen molar-refractivity contribution < 1.29 is 9.53 Å². The van der Waals surface area contributed by atoms with Crippen molar-refractivity contribution in [1.29, 1.82) is 5.26 Å². The molecule has 19 heavy (non-hydrogen) atoms. The van der Waals surface area contributed by atoms with Gasteiger partial charge in [0.1, 0.15) is 0 Å². The number of methoxy groups -OCH3 is 1. The molecule has 0 unspecified atom stereocenters. The van der Waals surface area contributed by atoms with Gasteiger partial charge >= 0.3 is 0 Å². The van der Waals surface area contributed by atoms with Gasteiger partial charge in [-0.05, 0) is 36.3 Å². The van der Waals surface area contributed by atoms with E-state index in [0.29, 0.717) is 30.8 Å². The van der Waals surface area contributed by atoms with Gasteiger partial charge in [-0.2, -0.15) is 5.26 Å². The molecule has 4 nitrogen and oxygen atoms in total. The number of carbonyl (C=O) groups is 1. The average molecular weight is 256 g/mol. The molecule has 1 aromatic carbocycles. The van der Waals surface area contributed by atoms with Crippen molar-refractivity contribution in [3.05, 3.63) is 47.0 Å². The normalized spacial score (nSPS) is 14.7. The summed E-state index contributed by atoms with van der Waals surface area (Å²) in [4.78, 5) is 14.1. The van der Waals surface area contributed by atoms with Crippen molar-refractivity contribution in [2.75, 3.05) is 26.8 Å². The first-order valence-electron chi connectivity index (χ1n) is 6.21. The van der Waals surface area contributed by atoms with Crippen LogP contribution in [0.4, 0.5) is 0 Å². The summed E-state index contributed by atoms with van der Waals surface area (Å²) in [5.74, 6) is 0.0113. The van der Waals surface area contributed by atoms with E-state index < -0.39 is 0 Å². The fourth-order valence-electron chi connectivity index (χ4n) is 2.08. The molecule has 1 amide bonds. The summed E-state index contributed by atoms with van der Waals surface area (Å²) < 4.78 is 5.08. The van der Waals surface area contributed by atoms with Gasteiger partial charge in [0.25, 0.3) is 5.91 Å². The Labute approximate surface area is 112 Å². The van der Waals surface area contributed by atoms with Crippen LogP contribution in [0, 0.1) is 11.3 Å². The summed E-state index contributed by atoms with van der Waals surface area (Å²) in [6.45, 7) is 1.98. The van der Waals surface area contributed by atoms with E-state index >= 15 is 0 Å². The van der Waals surface area contributed by atoms with Gasteiger partial charge in [0, 0.05) is 25.8 Å². The second-order valence-electron chi connectivity index (χ2n) is 4.49. The first kappa shape index (κ1) is 13.3. The standard InChI is InChI=1S/C15H16N2O2/c1-19-11-13-6-8-17(9-7-13)15(18)14-4-2-12(10-16)3-5-14/h2-6H,7-9,11H2,1H3. The minimum atomic E-state index is 0.0113. The topological polar surface area (TPSA) is 53.3 Å². The highest BCUT2D eigenvalue weighted by atomic mass is 16.5. The molecule has 0 fully saturated rings. The maximum atomic E-state index is 12.2. The Balaban J connectivity index is 2.03. The maximum absolute atomic E-state index is 12.2. The molecule has 0 N–H and O–H groups in total. The smallest absolute Gasteiger partial charge is 0.254 e. The zero-order valence-corrected chi connectivity index (χ0v) is 10.9. The fraction of sp³-hybridized carbons (Fsp3) is 0.333. The molecule has 0 bridgehead atoms. The Morgan fingerprint density at radius 3 is 2.68 bits per heavy atom. The van der Waals surface area contributed by atoms with E-state index in [1.54, 1.807) is 36.3 Å². The predicted molar refractivity (Wildman–Crippen MR) is 71.6 cm³/mol. The molecule has 1 aliphatic heterocycles. The highest BCUT2D eigenvalue weighted by molar-refractivity contribution is 5.94. The third kappa shape index (κ3) is 3.21. The number of benzene rings is 1. The molecule has 4 heteroatoms. The second kappa shape index (κ2) is 6.17. The van der Waals surface area contributed by atoms with Gasteiger partial charge in [-0.1, -0.05) is 6.08 Å². The van der Waals surface area contributed by atoms with Crippen LogP contribution in [0.25, 0.3) is 0 Å². The molecule has 0 spiro atoms. The van der Waals surface area contributed by atoms with Crippen molar-refractivity contribution in [3.63, 3.8) is 0 Å². The van der Waals surface area contributed by atoms with Gasteiger partial charge in [0.15, 0.2) is 0 Å². The molecule has 0 aliphatic carbocycles. The molecule has 1 heterocycles. The minimum absolute atomic E-state index is 0.0113. The zero-order chi connectivity index (χ0) is 13.7. The maximum Gasteiger partial charge on any atom is 0.254 e. The SMILES string of the molecule is COCC1=CCN(C(=O)c2ccc(C#N)cc2)CC1. The van der Waals surface area contributed by atoms with Crippen molar-refractivity contribution in [1.82, 2.24) is 4.90 Å². The molecule has 0 saturated carbocycles. The second-order valence-corrected chi connectivity index (χ2v) is 4.49. The number of amides is 1. The summed E-state index contributed by atoms with van der Waals surface area (Å²) in [5.41, 5.74) is 2.44. The number of rotatable bonds is 3. The molecule has 0 saturated heterocycles. The van der Waals surface area contributed by atoms with Crippen LogP contribution in [0.1, 0.15) is 22.3 Å². The Bertz CT molecular complexity index is 526. The Morgan fingerprint density at radius 2 is 2.16 bits per heavy atom. The largest absolute Gasteiger partial charge is 0.380 e. The molecular weight excluding hydrogens is 240 g/mol. The van der Waals surface area contributed by atoms with E-state index in [1.165, 1.54) is 5.57 Å². The van der Waals surface area contributed by atoms with Crippen molar-refractivity contribution in [2.24, 2.45) is 0 Å². The lowest BCUT2D eigenvalue weighted by Crippen LogP contribution is -2.35. The third-order valence-corrected chi connectivity index (χ3v) is 3.18. The number of nitrogens with zero attached hydrogens (tertiary/aromatic N) is 2. The van der Waals surface area contributed by atoms with Crippen LogP contribution >= 0.6 is 0 Å². The average Bonchev–Trinajstić information content (AvgIpc) is 2.48. The third-order valence-electron chi connectivity index (χ3n) is 3.18. The van der Waals surface area contributed by atoms with Gasteiger partial charge < -0.3 is 9.64 Å². The molecule has 0 radical (unpaired) electrons. The van der Waals surface area contributed by atoms with Crippen molar-refractivity contribution >= 4 is 5.91 Å². The molecule has 1 aliphatic rings. The van der Waals surface area contributed by atoms with Gasteiger partial charge in [-0.3, -0.25) is 4.79 Å². The predicted octanol–water partition coefficient (Wildman–Crippen LogP) is 1.98. The van der Waals surface area contributed by atoms with Crippen LogP contribution < -0.4 is 0 Å². The first-order chi connectivity index (χ1) is 9.24. The van der Waals surface area contributed by atoms with Crippen LogP contribution in [0.5, 0.6) is 0 Å². The highest BCUT2D eigenvalue weighted by Crippen LogP contribution is 2.14. The van der Waals surface area contributed by atoms with E-state index in [0.717, 1.165) is 6.42 Å². The van der Waals surface area contributed by atoms with Crippen LogP contribution in [0.2, 0.25) is 0 Å². The van der Waals surface area contributed by atoms with E-state index in [2.05, 4.69) is 6.08 Å². The van der Waals surface area contributed by atoms with Crippen molar-refractivity contribution in [2.45, 2.75) is 6.42 Å². The zero-order valence-electron chi connectivity index (χ0n) is 10.9. The first-order valence-corrected chi connectivity index (χ1v) is 6.21. The van der Waals surface area contributed by atoms with Gasteiger partial charge in [-0.15, -0.1) is 0 Å². The lowest BCUT2D eigenvalue weighted by Gasteiger charge is -2.26. The summed E-state index contributed by atoms with van der Waals surface area (Å²) in [6.07, 6.45) is 2.91. The minimum Gasteiger partial charge on any atom is -0.380 e. The van der Waals surface area contributed by atoms with Crippen LogP contribution in [-0.2, 0) is 4.74 Å². The molecule has 1 aromatic rings. The lowest BCUT2D eigenvalue weighted by atomic mass is 10.1. The summed E-state index contributed by atoms with van der Waals surface area (Å²) in [7, 11) is 1.68. The van der Waals surface area contributed by atoms with E-state index in [1.807, 2.05) is 6.07 Å². The number of nitriles is 1. The molecule has 0 aromatic heterocycles. The van der Waals surface area contributed by atoms with E-state index in [4.69, 9.17) is 10.00 Å². The molecular formula is C15H16N2O2. The van der Waals surface area contributed by atoms with Crippen LogP contribution in [-0.4, -0.2) is 37.6 Å². The highest BCUT2D eigenvalue weighted by Gasteiger charge is 2.18. The summed E-state index contributed by atoms with van der Waals surface area (Å²) in [6, 6.07) is 8.79. The fourth-order valence-corrected chi connectivity index (χ4v) is 2.08. The molecule has 2 rings (SSSR count). The lowest BCUT2D eigenvalue weighted by molar-refractivity contribution is 0.0765. The Kier molecular flexibility index (Phi) is 4.32. The Hall–Kier alpha value is -2.12. The quantitative estimate of drug-likeness (QED) is 0.777. The summed E-state index contributed by atoms with van der Waals surface area (Å²) in [5, 5.41) is 8.73. The van der Waals surface area contributed by atoms with Gasteiger partial charge in [-0.25, -0.2) is 0 Å². The van der Waals surface area contributed by atoms with Gasteiger partial charge in [0.2, 0.25) is 0 Å². The van der Waals surface area contributed by atoms with Gasteiger partial charge in [0.05, 0.1) is 18.2 Å².